The van der Waals surface area contributed by atoms with E-state index in [0.717, 1.165) is 19.1 Å². The maximum atomic E-state index is 10.6. The highest BCUT2D eigenvalue weighted by molar-refractivity contribution is 5.50. The molecule has 2 aliphatic rings. The lowest BCUT2D eigenvalue weighted by Crippen LogP contribution is -2.32. The highest BCUT2D eigenvalue weighted by Crippen LogP contribution is 2.66. The van der Waals surface area contributed by atoms with Crippen molar-refractivity contribution in [2.45, 2.75) is 59.3 Å². The van der Waals surface area contributed by atoms with Crippen molar-refractivity contribution in [2.75, 3.05) is 0 Å². The predicted molar refractivity (Wildman–Crippen MR) is 62.7 cm³/mol. The van der Waals surface area contributed by atoms with Crippen LogP contribution in [0.2, 0.25) is 0 Å². The SMILES string of the molecule is CC1=C(C)[C@@]2(CCC=O)CCC[C@@]2(C)C1. The second-order valence-electron chi connectivity index (χ2n) is 5.78. The molecule has 0 spiro atoms. The van der Waals surface area contributed by atoms with E-state index in [-0.39, 0.29) is 0 Å². The van der Waals surface area contributed by atoms with Gasteiger partial charge in [-0.3, -0.25) is 0 Å². The molecule has 1 nitrogen and oxygen atoms in total. The minimum absolute atomic E-state index is 0.373. The fourth-order valence-electron chi connectivity index (χ4n) is 4.27. The molecule has 2 atom stereocenters. The van der Waals surface area contributed by atoms with E-state index in [0.29, 0.717) is 10.8 Å². The van der Waals surface area contributed by atoms with Crippen LogP contribution in [0.25, 0.3) is 0 Å². The summed E-state index contributed by atoms with van der Waals surface area (Å²) in [5.74, 6) is 0. The first kappa shape index (κ1) is 10.9. The number of hydrogen-bond donors (Lipinski definition) is 0. The summed E-state index contributed by atoms with van der Waals surface area (Å²) in [6, 6.07) is 0. The van der Waals surface area contributed by atoms with Gasteiger partial charge in [-0.1, -0.05) is 24.5 Å². The van der Waals surface area contributed by atoms with Gasteiger partial charge in [0.1, 0.15) is 6.29 Å². The molecule has 0 aromatic rings. The van der Waals surface area contributed by atoms with Gasteiger partial charge in [-0.05, 0) is 50.4 Å². The van der Waals surface area contributed by atoms with Crippen molar-refractivity contribution >= 4 is 6.29 Å². The minimum Gasteiger partial charge on any atom is -0.303 e. The smallest absolute Gasteiger partial charge is 0.120 e. The topological polar surface area (TPSA) is 17.1 Å². The molecule has 2 aliphatic carbocycles. The Labute approximate surface area is 92.9 Å². The Morgan fingerprint density at radius 2 is 2.07 bits per heavy atom. The van der Waals surface area contributed by atoms with E-state index in [1.165, 1.54) is 25.7 Å². The second-order valence-corrected chi connectivity index (χ2v) is 5.78. The molecule has 0 unspecified atom stereocenters. The summed E-state index contributed by atoms with van der Waals surface area (Å²) in [4.78, 5) is 10.6. The summed E-state index contributed by atoms with van der Waals surface area (Å²) < 4.78 is 0. The molecule has 0 aliphatic heterocycles. The Hall–Kier alpha value is -0.590. The standard InChI is InChI=1S/C14H22O/c1-11-10-13(3)6-4-7-14(13,12(11)2)8-5-9-15/h9H,4-8,10H2,1-3H3/t13-,14-/m0/s1. The largest absolute Gasteiger partial charge is 0.303 e. The van der Waals surface area contributed by atoms with E-state index >= 15 is 0 Å². The molecule has 0 heterocycles. The number of fused-ring (bicyclic) bond motifs is 1. The predicted octanol–water partition coefficient (Wildman–Crippen LogP) is 3.88. The van der Waals surface area contributed by atoms with Gasteiger partial charge in [0, 0.05) is 6.42 Å². The lowest BCUT2D eigenvalue weighted by Gasteiger charge is -2.40. The Balaban J connectivity index is 2.34. The number of carbonyl (C=O) groups excluding carboxylic acids is 1. The molecular formula is C14H22O. The number of aldehydes is 1. The summed E-state index contributed by atoms with van der Waals surface area (Å²) in [6.45, 7) is 7.02. The van der Waals surface area contributed by atoms with Crippen LogP contribution in [0.1, 0.15) is 59.3 Å². The first-order valence-electron chi connectivity index (χ1n) is 6.16. The van der Waals surface area contributed by atoms with Crippen LogP contribution in [0.15, 0.2) is 11.1 Å². The fraction of sp³-hybridized carbons (Fsp3) is 0.786. The van der Waals surface area contributed by atoms with Crippen LogP contribution >= 0.6 is 0 Å². The fourth-order valence-corrected chi connectivity index (χ4v) is 4.27. The van der Waals surface area contributed by atoms with Crippen molar-refractivity contribution < 1.29 is 4.79 Å². The van der Waals surface area contributed by atoms with E-state index in [4.69, 9.17) is 0 Å². The van der Waals surface area contributed by atoms with Crippen molar-refractivity contribution in [3.63, 3.8) is 0 Å². The van der Waals surface area contributed by atoms with E-state index in [1.807, 2.05) is 0 Å². The Morgan fingerprint density at radius 1 is 1.33 bits per heavy atom. The minimum atomic E-state index is 0.373. The van der Waals surface area contributed by atoms with Crippen molar-refractivity contribution in [1.29, 1.82) is 0 Å². The second kappa shape index (κ2) is 3.47. The van der Waals surface area contributed by atoms with E-state index in [2.05, 4.69) is 20.8 Å². The molecule has 0 bridgehead atoms. The van der Waals surface area contributed by atoms with Gasteiger partial charge in [0.25, 0.3) is 0 Å². The Kier molecular flexibility index (Phi) is 2.52. The van der Waals surface area contributed by atoms with E-state index < -0.39 is 0 Å². The first-order chi connectivity index (χ1) is 7.06. The van der Waals surface area contributed by atoms with Crippen LogP contribution in [0, 0.1) is 10.8 Å². The van der Waals surface area contributed by atoms with Gasteiger partial charge in [0.2, 0.25) is 0 Å². The molecule has 0 aromatic heterocycles. The monoisotopic (exact) mass is 206 g/mol. The van der Waals surface area contributed by atoms with E-state index in [9.17, 15) is 4.79 Å². The van der Waals surface area contributed by atoms with Crippen molar-refractivity contribution in [3.05, 3.63) is 11.1 Å². The molecule has 1 fully saturated rings. The summed E-state index contributed by atoms with van der Waals surface area (Å²) in [5.41, 5.74) is 4.02. The molecule has 0 aromatic carbocycles. The van der Waals surface area contributed by atoms with Crippen LogP contribution in [0.3, 0.4) is 0 Å². The highest BCUT2D eigenvalue weighted by atomic mass is 16.1. The molecule has 0 N–H and O–H groups in total. The van der Waals surface area contributed by atoms with Crippen LogP contribution < -0.4 is 0 Å². The summed E-state index contributed by atoms with van der Waals surface area (Å²) in [7, 11) is 0. The lowest BCUT2D eigenvalue weighted by molar-refractivity contribution is -0.108. The molecule has 2 rings (SSSR count). The highest BCUT2D eigenvalue weighted by Gasteiger charge is 2.55. The lowest BCUT2D eigenvalue weighted by atomic mass is 9.64. The van der Waals surface area contributed by atoms with Crippen molar-refractivity contribution in [3.8, 4) is 0 Å². The van der Waals surface area contributed by atoms with Crippen LogP contribution in [0.4, 0.5) is 0 Å². The molecule has 1 heteroatoms. The third kappa shape index (κ3) is 1.32. The number of carbonyl (C=O) groups is 1. The molecule has 1 saturated carbocycles. The molecule has 0 radical (unpaired) electrons. The molecule has 0 saturated heterocycles. The third-order valence-corrected chi connectivity index (χ3v) is 5.19. The summed E-state index contributed by atoms with van der Waals surface area (Å²) in [6.07, 6.45) is 8.17. The van der Waals surface area contributed by atoms with Gasteiger partial charge in [-0.15, -0.1) is 0 Å². The van der Waals surface area contributed by atoms with Crippen LogP contribution in [-0.2, 0) is 4.79 Å². The third-order valence-electron chi connectivity index (χ3n) is 5.19. The molecular weight excluding hydrogens is 184 g/mol. The zero-order valence-electron chi connectivity index (χ0n) is 10.2. The number of hydrogen-bond acceptors (Lipinski definition) is 1. The zero-order chi connectivity index (χ0) is 11.1. The number of allylic oxidation sites excluding steroid dienone is 2. The maximum Gasteiger partial charge on any atom is 0.120 e. The maximum absolute atomic E-state index is 10.6. The van der Waals surface area contributed by atoms with Crippen LogP contribution in [0.5, 0.6) is 0 Å². The van der Waals surface area contributed by atoms with E-state index in [1.54, 1.807) is 11.1 Å². The van der Waals surface area contributed by atoms with Gasteiger partial charge in [0.15, 0.2) is 0 Å². The number of rotatable bonds is 3. The average Bonchev–Trinajstić information content (AvgIpc) is 2.59. The Morgan fingerprint density at radius 3 is 2.73 bits per heavy atom. The van der Waals surface area contributed by atoms with Gasteiger partial charge >= 0.3 is 0 Å². The molecule has 84 valence electrons. The normalized spacial score (nSPS) is 39.7. The molecule has 15 heavy (non-hydrogen) atoms. The van der Waals surface area contributed by atoms with Gasteiger partial charge in [0.05, 0.1) is 0 Å². The van der Waals surface area contributed by atoms with Gasteiger partial charge < -0.3 is 4.79 Å². The van der Waals surface area contributed by atoms with Gasteiger partial charge in [-0.2, -0.15) is 0 Å². The van der Waals surface area contributed by atoms with Crippen molar-refractivity contribution in [2.24, 2.45) is 10.8 Å². The summed E-state index contributed by atoms with van der Waals surface area (Å²) >= 11 is 0. The molecule has 0 amide bonds. The van der Waals surface area contributed by atoms with Crippen LogP contribution in [-0.4, -0.2) is 6.29 Å². The first-order valence-corrected chi connectivity index (χ1v) is 6.16. The van der Waals surface area contributed by atoms with Crippen molar-refractivity contribution in [1.82, 2.24) is 0 Å². The zero-order valence-corrected chi connectivity index (χ0v) is 10.2. The quantitative estimate of drug-likeness (QED) is 0.506. The average molecular weight is 206 g/mol. The van der Waals surface area contributed by atoms with Gasteiger partial charge in [-0.25, -0.2) is 0 Å². The summed E-state index contributed by atoms with van der Waals surface area (Å²) in [5, 5.41) is 0. The Bertz CT molecular complexity index is 315.